The Labute approximate surface area is 91.7 Å². The second kappa shape index (κ2) is 6.44. The Morgan fingerprint density at radius 1 is 1.20 bits per heavy atom. The van der Waals surface area contributed by atoms with Crippen LogP contribution in [0.2, 0.25) is 0 Å². The molecule has 2 heteroatoms. The minimum absolute atomic E-state index is 0.139. The van der Waals surface area contributed by atoms with Gasteiger partial charge in [-0.3, -0.25) is 4.79 Å². The van der Waals surface area contributed by atoms with Gasteiger partial charge in [-0.25, -0.2) is 0 Å². The number of rotatable bonds is 7. The first kappa shape index (κ1) is 12.0. The lowest BCUT2D eigenvalue weighted by molar-refractivity contribution is 0.0951. The highest BCUT2D eigenvalue weighted by Gasteiger charge is 2.09. The summed E-state index contributed by atoms with van der Waals surface area (Å²) in [6.45, 7) is 4.23. The lowest BCUT2D eigenvalue weighted by Gasteiger charge is -1.96. The molecule has 15 heavy (non-hydrogen) atoms. The molecule has 2 nitrogen and oxygen atoms in total. The van der Waals surface area contributed by atoms with Crippen molar-refractivity contribution in [2.45, 2.75) is 52.4 Å². The molecule has 1 aromatic rings. The molecule has 0 unspecified atom stereocenters. The van der Waals surface area contributed by atoms with E-state index in [4.69, 9.17) is 4.42 Å². The molecule has 0 amide bonds. The van der Waals surface area contributed by atoms with Crippen LogP contribution in [0, 0.1) is 0 Å². The fourth-order valence-corrected chi connectivity index (χ4v) is 1.47. The van der Waals surface area contributed by atoms with E-state index in [1.54, 1.807) is 0 Å². The average molecular weight is 208 g/mol. The monoisotopic (exact) mass is 208 g/mol. The molecule has 1 aromatic heterocycles. The molecule has 1 rings (SSSR count). The van der Waals surface area contributed by atoms with Crippen molar-refractivity contribution in [3.8, 4) is 0 Å². The van der Waals surface area contributed by atoms with Gasteiger partial charge in [0, 0.05) is 12.8 Å². The van der Waals surface area contributed by atoms with Crippen molar-refractivity contribution in [1.29, 1.82) is 0 Å². The third-order valence-corrected chi connectivity index (χ3v) is 2.47. The molecule has 0 fully saturated rings. The predicted octanol–water partition coefficient (Wildman–Crippen LogP) is 4.00. The molecule has 0 aliphatic heterocycles. The summed E-state index contributed by atoms with van der Waals surface area (Å²) < 4.78 is 5.50. The molecule has 0 N–H and O–H groups in total. The van der Waals surface area contributed by atoms with Gasteiger partial charge in [0.1, 0.15) is 5.76 Å². The fourth-order valence-electron chi connectivity index (χ4n) is 1.47. The summed E-state index contributed by atoms with van der Waals surface area (Å²) in [6.07, 6.45) is 5.82. The number of hydrogen-bond donors (Lipinski definition) is 0. The molecule has 0 aromatic carbocycles. The van der Waals surface area contributed by atoms with E-state index in [0.717, 1.165) is 37.9 Å². The maximum absolute atomic E-state index is 11.6. The zero-order chi connectivity index (χ0) is 11.1. The summed E-state index contributed by atoms with van der Waals surface area (Å²) in [4.78, 5) is 11.6. The van der Waals surface area contributed by atoms with Crippen LogP contribution in [0.1, 0.15) is 62.3 Å². The van der Waals surface area contributed by atoms with Gasteiger partial charge >= 0.3 is 0 Å². The topological polar surface area (TPSA) is 30.2 Å². The van der Waals surface area contributed by atoms with E-state index in [-0.39, 0.29) is 5.78 Å². The summed E-state index contributed by atoms with van der Waals surface area (Å²) in [5.74, 6) is 1.62. The first-order valence-electron chi connectivity index (χ1n) is 5.89. The molecular weight excluding hydrogens is 188 g/mol. The summed E-state index contributed by atoms with van der Waals surface area (Å²) in [7, 11) is 0. The van der Waals surface area contributed by atoms with Crippen molar-refractivity contribution in [3.63, 3.8) is 0 Å². The number of furan rings is 1. The Kier molecular flexibility index (Phi) is 5.16. The van der Waals surface area contributed by atoms with Gasteiger partial charge in [-0.2, -0.15) is 0 Å². The van der Waals surface area contributed by atoms with Crippen LogP contribution in [0.3, 0.4) is 0 Å². The highest BCUT2D eigenvalue weighted by atomic mass is 16.3. The highest BCUT2D eigenvalue weighted by molar-refractivity contribution is 5.93. The van der Waals surface area contributed by atoms with Crippen molar-refractivity contribution in [3.05, 3.63) is 23.7 Å². The number of Topliss-reactive ketones (excluding diaryl/α,β-unsaturated/α-hetero) is 1. The van der Waals surface area contributed by atoms with E-state index in [9.17, 15) is 4.79 Å². The molecule has 0 saturated heterocycles. The Bertz CT molecular complexity index is 299. The molecule has 84 valence electrons. The van der Waals surface area contributed by atoms with Crippen LogP contribution in [0.4, 0.5) is 0 Å². The standard InChI is InChI=1S/C13H20O2/c1-3-5-7-11-9-10-13(15-11)12(14)8-6-4-2/h9-10H,3-8H2,1-2H3. The molecule has 1 heterocycles. The molecule has 0 bridgehead atoms. The number of carbonyl (C=O) groups excluding carboxylic acids is 1. The van der Waals surface area contributed by atoms with Crippen molar-refractivity contribution in [1.82, 2.24) is 0 Å². The van der Waals surface area contributed by atoms with Gasteiger partial charge in [-0.15, -0.1) is 0 Å². The van der Waals surface area contributed by atoms with Gasteiger partial charge < -0.3 is 4.42 Å². The SMILES string of the molecule is CCCCC(=O)c1ccc(CCCC)o1. The zero-order valence-corrected chi connectivity index (χ0v) is 9.71. The minimum Gasteiger partial charge on any atom is -0.458 e. The third kappa shape index (κ3) is 3.90. The van der Waals surface area contributed by atoms with E-state index in [0.29, 0.717) is 12.2 Å². The van der Waals surface area contributed by atoms with E-state index >= 15 is 0 Å². The Morgan fingerprint density at radius 2 is 1.93 bits per heavy atom. The quantitative estimate of drug-likeness (QED) is 0.634. The zero-order valence-electron chi connectivity index (χ0n) is 9.71. The number of unbranched alkanes of at least 4 members (excludes halogenated alkanes) is 2. The van der Waals surface area contributed by atoms with Crippen molar-refractivity contribution < 1.29 is 9.21 Å². The fraction of sp³-hybridized carbons (Fsp3) is 0.615. The lowest BCUT2D eigenvalue weighted by atomic mass is 10.1. The minimum atomic E-state index is 0.139. The molecule has 0 aliphatic carbocycles. The van der Waals surface area contributed by atoms with Gasteiger partial charge in [-0.1, -0.05) is 26.7 Å². The second-order valence-corrected chi connectivity index (χ2v) is 3.90. The van der Waals surface area contributed by atoms with E-state index < -0.39 is 0 Å². The predicted molar refractivity (Wildman–Crippen MR) is 61.2 cm³/mol. The van der Waals surface area contributed by atoms with Crippen LogP contribution in [0.15, 0.2) is 16.5 Å². The number of ketones is 1. The molecular formula is C13H20O2. The summed E-state index contributed by atoms with van der Waals surface area (Å²) in [6, 6.07) is 3.73. The Morgan fingerprint density at radius 3 is 2.60 bits per heavy atom. The summed E-state index contributed by atoms with van der Waals surface area (Å²) >= 11 is 0. The van der Waals surface area contributed by atoms with Gasteiger partial charge in [0.25, 0.3) is 0 Å². The molecule has 0 saturated carbocycles. The second-order valence-electron chi connectivity index (χ2n) is 3.90. The van der Waals surface area contributed by atoms with Crippen molar-refractivity contribution >= 4 is 5.78 Å². The number of aryl methyl sites for hydroxylation is 1. The molecule has 0 spiro atoms. The van der Waals surface area contributed by atoms with Crippen LogP contribution in [0.25, 0.3) is 0 Å². The number of carbonyl (C=O) groups is 1. The molecule has 0 aliphatic rings. The van der Waals surface area contributed by atoms with E-state index in [2.05, 4.69) is 13.8 Å². The Balaban J connectivity index is 2.47. The van der Waals surface area contributed by atoms with Crippen molar-refractivity contribution in [2.75, 3.05) is 0 Å². The maximum atomic E-state index is 11.6. The maximum Gasteiger partial charge on any atom is 0.197 e. The lowest BCUT2D eigenvalue weighted by Crippen LogP contribution is -1.96. The van der Waals surface area contributed by atoms with Crippen molar-refractivity contribution in [2.24, 2.45) is 0 Å². The summed E-state index contributed by atoms with van der Waals surface area (Å²) in [5, 5.41) is 0. The van der Waals surface area contributed by atoms with E-state index in [1.165, 1.54) is 0 Å². The largest absolute Gasteiger partial charge is 0.458 e. The van der Waals surface area contributed by atoms with Gasteiger partial charge in [0.2, 0.25) is 0 Å². The van der Waals surface area contributed by atoms with Crippen LogP contribution < -0.4 is 0 Å². The first-order chi connectivity index (χ1) is 7.27. The number of hydrogen-bond acceptors (Lipinski definition) is 2. The van der Waals surface area contributed by atoms with Crippen LogP contribution >= 0.6 is 0 Å². The van der Waals surface area contributed by atoms with Gasteiger partial charge in [0.05, 0.1) is 0 Å². The smallest absolute Gasteiger partial charge is 0.197 e. The highest BCUT2D eigenvalue weighted by Crippen LogP contribution is 2.13. The van der Waals surface area contributed by atoms with Gasteiger partial charge in [-0.05, 0) is 25.0 Å². The third-order valence-electron chi connectivity index (χ3n) is 2.47. The summed E-state index contributed by atoms with van der Waals surface area (Å²) in [5.41, 5.74) is 0. The Hall–Kier alpha value is -1.05. The normalized spacial score (nSPS) is 10.5. The van der Waals surface area contributed by atoms with Gasteiger partial charge in [0.15, 0.2) is 11.5 Å². The first-order valence-corrected chi connectivity index (χ1v) is 5.89. The molecule has 0 atom stereocenters. The molecule has 0 radical (unpaired) electrons. The van der Waals surface area contributed by atoms with Crippen LogP contribution in [-0.2, 0) is 6.42 Å². The average Bonchev–Trinajstić information content (AvgIpc) is 2.71. The van der Waals surface area contributed by atoms with E-state index in [1.807, 2.05) is 12.1 Å². The van der Waals surface area contributed by atoms with Crippen LogP contribution in [0.5, 0.6) is 0 Å². The van der Waals surface area contributed by atoms with Crippen LogP contribution in [-0.4, -0.2) is 5.78 Å².